The molecule has 25 heavy (non-hydrogen) atoms. The minimum Gasteiger partial charge on any atom is -0.478 e. The molecule has 8 heteroatoms. The Labute approximate surface area is 147 Å². The molecule has 1 saturated heterocycles. The number of amides is 2. The highest BCUT2D eigenvalue weighted by Gasteiger charge is 2.26. The first-order valence-corrected chi connectivity index (χ1v) is 8.92. The van der Waals surface area contributed by atoms with E-state index in [0.29, 0.717) is 32.0 Å². The number of ether oxygens (including phenoxy) is 1. The minimum absolute atomic E-state index is 0.0816. The first-order chi connectivity index (χ1) is 12.2. The molecular weight excluding hydrogens is 322 g/mol. The van der Waals surface area contributed by atoms with Crippen molar-refractivity contribution in [1.82, 2.24) is 25.5 Å². The quantitative estimate of drug-likeness (QED) is 0.779. The lowest BCUT2D eigenvalue weighted by molar-refractivity contribution is -0.129. The van der Waals surface area contributed by atoms with Crippen LogP contribution in [-0.4, -0.2) is 59.0 Å². The van der Waals surface area contributed by atoms with E-state index in [0.717, 1.165) is 37.1 Å². The monoisotopic (exact) mass is 347 g/mol. The van der Waals surface area contributed by atoms with Crippen molar-refractivity contribution in [2.45, 2.75) is 45.2 Å². The van der Waals surface area contributed by atoms with Crippen molar-refractivity contribution in [3.8, 4) is 5.88 Å². The van der Waals surface area contributed by atoms with Gasteiger partial charge >= 0.3 is 0 Å². The highest BCUT2D eigenvalue weighted by atomic mass is 16.5. The summed E-state index contributed by atoms with van der Waals surface area (Å²) in [6, 6.07) is -0.422. The van der Waals surface area contributed by atoms with E-state index in [1.54, 1.807) is 0 Å². The number of hydrogen-bond donors (Lipinski definition) is 2. The number of rotatable bonds is 5. The summed E-state index contributed by atoms with van der Waals surface area (Å²) in [6.45, 7) is 4.73. The number of hydrogen-bond acceptors (Lipinski definition) is 6. The SMILES string of the molecule is CCOc1ncnc2c1CN(CC(=O)N[C@@H]1CCCCNC1=O)CC2. The molecule has 1 fully saturated rings. The van der Waals surface area contributed by atoms with E-state index >= 15 is 0 Å². The molecule has 2 aliphatic heterocycles. The number of aromatic nitrogens is 2. The van der Waals surface area contributed by atoms with Crippen molar-refractivity contribution in [2.24, 2.45) is 0 Å². The van der Waals surface area contributed by atoms with Gasteiger partial charge in [-0.1, -0.05) is 0 Å². The maximum atomic E-state index is 12.4. The number of carbonyl (C=O) groups is 2. The second-order valence-electron chi connectivity index (χ2n) is 6.40. The van der Waals surface area contributed by atoms with E-state index in [1.165, 1.54) is 6.33 Å². The fourth-order valence-electron chi connectivity index (χ4n) is 3.29. The van der Waals surface area contributed by atoms with Gasteiger partial charge in [-0.2, -0.15) is 0 Å². The molecule has 0 spiro atoms. The van der Waals surface area contributed by atoms with E-state index in [9.17, 15) is 9.59 Å². The molecule has 3 rings (SSSR count). The average Bonchev–Trinajstić information content (AvgIpc) is 2.80. The fraction of sp³-hybridized carbons (Fsp3) is 0.647. The van der Waals surface area contributed by atoms with Crippen LogP contribution < -0.4 is 15.4 Å². The lowest BCUT2D eigenvalue weighted by Crippen LogP contribution is -2.49. The van der Waals surface area contributed by atoms with E-state index in [2.05, 4.69) is 20.6 Å². The van der Waals surface area contributed by atoms with Crippen molar-refractivity contribution in [3.63, 3.8) is 0 Å². The lowest BCUT2D eigenvalue weighted by atomic mass is 10.1. The van der Waals surface area contributed by atoms with Crippen molar-refractivity contribution < 1.29 is 14.3 Å². The predicted octanol–water partition coefficient (Wildman–Crippen LogP) is 0.0183. The van der Waals surface area contributed by atoms with Gasteiger partial charge in [0.25, 0.3) is 0 Å². The molecule has 0 saturated carbocycles. The van der Waals surface area contributed by atoms with Gasteiger partial charge in [0.2, 0.25) is 17.7 Å². The number of nitrogens with one attached hydrogen (secondary N) is 2. The van der Waals surface area contributed by atoms with Crippen LogP contribution >= 0.6 is 0 Å². The van der Waals surface area contributed by atoms with Gasteiger partial charge in [0, 0.05) is 31.6 Å². The molecule has 2 N–H and O–H groups in total. The normalized spacial score (nSPS) is 21.0. The Morgan fingerprint density at radius 1 is 1.44 bits per heavy atom. The zero-order valence-electron chi connectivity index (χ0n) is 14.6. The molecule has 136 valence electrons. The summed E-state index contributed by atoms with van der Waals surface area (Å²) < 4.78 is 5.58. The van der Waals surface area contributed by atoms with Crippen molar-refractivity contribution >= 4 is 11.8 Å². The van der Waals surface area contributed by atoms with Gasteiger partial charge in [0.1, 0.15) is 12.4 Å². The molecule has 0 bridgehead atoms. The van der Waals surface area contributed by atoms with Crippen molar-refractivity contribution in [3.05, 3.63) is 17.6 Å². The Bertz CT molecular complexity index is 637. The maximum absolute atomic E-state index is 12.4. The Kier molecular flexibility index (Phi) is 5.80. The van der Waals surface area contributed by atoms with Crippen LogP contribution in [0.3, 0.4) is 0 Å². The first-order valence-electron chi connectivity index (χ1n) is 8.92. The van der Waals surface area contributed by atoms with Crippen LogP contribution in [-0.2, 0) is 22.6 Å². The van der Waals surface area contributed by atoms with Crippen LogP contribution in [0.15, 0.2) is 6.33 Å². The summed E-state index contributed by atoms with van der Waals surface area (Å²) in [7, 11) is 0. The van der Waals surface area contributed by atoms with E-state index in [1.807, 2.05) is 11.8 Å². The van der Waals surface area contributed by atoms with Crippen LogP contribution in [0.25, 0.3) is 0 Å². The molecule has 2 amide bonds. The molecule has 2 aliphatic rings. The topological polar surface area (TPSA) is 96.5 Å². The molecule has 0 radical (unpaired) electrons. The first kappa shape index (κ1) is 17.6. The molecule has 0 unspecified atom stereocenters. The third-order valence-corrected chi connectivity index (χ3v) is 4.56. The zero-order chi connectivity index (χ0) is 17.6. The van der Waals surface area contributed by atoms with Gasteiger partial charge in [0.05, 0.1) is 18.8 Å². The third kappa shape index (κ3) is 4.45. The largest absolute Gasteiger partial charge is 0.478 e. The molecule has 8 nitrogen and oxygen atoms in total. The van der Waals surface area contributed by atoms with Crippen LogP contribution in [0.1, 0.15) is 37.4 Å². The standard InChI is InChI=1S/C17H25N5O3/c1-2-25-17-12-9-22(8-6-13(12)19-11-20-17)10-15(23)21-14-5-3-4-7-18-16(14)24/h11,14H,2-10H2,1H3,(H,18,24)(H,21,23)/t14-/m1/s1. The smallest absolute Gasteiger partial charge is 0.242 e. The molecule has 3 heterocycles. The summed E-state index contributed by atoms with van der Waals surface area (Å²) in [4.78, 5) is 34.9. The number of fused-ring (bicyclic) bond motifs is 1. The highest BCUT2D eigenvalue weighted by molar-refractivity contribution is 5.88. The van der Waals surface area contributed by atoms with Crippen LogP contribution in [0, 0.1) is 0 Å². The second kappa shape index (κ2) is 8.24. The zero-order valence-corrected chi connectivity index (χ0v) is 14.6. The van der Waals surface area contributed by atoms with Gasteiger partial charge in [-0.3, -0.25) is 14.5 Å². The molecule has 0 aliphatic carbocycles. The van der Waals surface area contributed by atoms with Gasteiger partial charge in [0.15, 0.2) is 0 Å². The fourth-order valence-corrected chi connectivity index (χ4v) is 3.29. The Balaban J connectivity index is 1.59. The molecule has 1 aromatic heterocycles. The number of carbonyl (C=O) groups excluding carboxylic acids is 2. The average molecular weight is 347 g/mol. The minimum atomic E-state index is -0.422. The van der Waals surface area contributed by atoms with Gasteiger partial charge < -0.3 is 15.4 Å². The van der Waals surface area contributed by atoms with Gasteiger partial charge in [-0.05, 0) is 26.2 Å². The molecule has 1 aromatic rings. The van der Waals surface area contributed by atoms with E-state index < -0.39 is 6.04 Å². The Morgan fingerprint density at radius 2 is 2.32 bits per heavy atom. The maximum Gasteiger partial charge on any atom is 0.242 e. The summed E-state index contributed by atoms with van der Waals surface area (Å²) in [5.41, 5.74) is 1.94. The second-order valence-corrected chi connectivity index (χ2v) is 6.40. The summed E-state index contributed by atoms with van der Waals surface area (Å²) in [6.07, 6.45) is 4.88. The number of nitrogens with zero attached hydrogens (tertiary/aromatic N) is 3. The predicted molar refractivity (Wildman–Crippen MR) is 91.0 cm³/mol. The van der Waals surface area contributed by atoms with Gasteiger partial charge in [-0.15, -0.1) is 0 Å². The van der Waals surface area contributed by atoms with Crippen LogP contribution in [0.5, 0.6) is 5.88 Å². The van der Waals surface area contributed by atoms with Crippen molar-refractivity contribution in [1.29, 1.82) is 0 Å². The highest BCUT2D eigenvalue weighted by Crippen LogP contribution is 2.24. The van der Waals surface area contributed by atoms with E-state index in [-0.39, 0.29) is 18.4 Å². The summed E-state index contributed by atoms with van der Waals surface area (Å²) >= 11 is 0. The van der Waals surface area contributed by atoms with Crippen LogP contribution in [0.2, 0.25) is 0 Å². The summed E-state index contributed by atoms with van der Waals surface area (Å²) in [5, 5.41) is 5.70. The Hall–Kier alpha value is -2.22. The molecule has 1 atom stereocenters. The van der Waals surface area contributed by atoms with Crippen LogP contribution in [0.4, 0.5) is 0 Å². The van der Waals surface area contributed by atoms with E-state index in [4.69, 9.17) is 4.74 Å². The van der Waals surface area contributed by atoms with Gasteiger partial charge in [-0.25, -0.2) is 9.97 Å². The third-order valence-electron chi connectivity index (χ3n) is 4.56. The lowest BCUT2D eigenvalue weighted by Gasteiger charge is -2.28. The molecule has 0 aromatic carbocycles. The molecular formula is C17H25N5O3. The van der Waals surface area contributed by atoms with Crippen molar-refractivity contribution in [2.75, 3.05) is 26.2 Å². The summed E-state index contributed by atoms with van der Waals surface area (Å²) in [5.74, 6) is 0.392. The Morgan fingerprint density at radius 3 is 3.16 bits per heavy atom.